The molecule has 350 valence electrons. The highest BCUT2D eigenvalue weighted by Crippen LogP contribution is 2.54. The van der Waals surface area contributed by atoms with Gasteiger partial charge in [-0.15, -0.1) is 0 Å². The minimum atomic E-state index is -0.0195. The van der Waals surface area contributed by atoms with Crippen molar-refractivity contribution >= 4 is 66.4 Å². The Kier molecular flexibility index (Phi) is 10.6. The molecule has 0 N–H and O–H groups in total. The Morgan fingerprint density at radius 3 is 1.03 bits per heavy atom. The van der Waals surface area contributed by atoms with Gasteiger partial charge in [0.05, 0.1) is 22.7 Å². The molecule has 0 fully saturated rings. The second kappa shape index (κ2) is 17.5. The van der Waals surface area contributed by atoms with E-state index in [0.29, 0.717) is 6.42 Å². The zero-order chi connectivity index (χ0) is 49.4. The van der Waals surface area contributed by atoms with Crippen LogP contribution in [-0.4, -0.2) is 0 Å². The summed E-state index contributed by atoms with van der Waals surface area (Å²) in [6.07, 6.45) is 0.701. The summed E-state index contributed by atoms with van der Waals surface area (Å²) in [4.78, 5) is 5.24. The van der Waals surface area contributed by atoms with E-state index in [2.05, 4.69) is 281 Å². The van der Waals surface area contributed by atoms with Gasteiger partial charge >= 0.3 is 0 Å². The molecule has 12 aromatic carbocycles. The van der Waals surface area contributed by atoms with Gasteiger partial charge < -0.3 is 9.80 Å². The van der Waals surface area contributed by atoms with Crippen LogP contribution in [0.2, 0.25) is 0 Å². The lowest BCUT2D eigenvalue weighted by atomic mass is 9.83. The first-order valence-electron chi connectivity index (χ1n) is 25.7. The van der Waals surface area contributed by atoms with Crippen LogP contribution in [0.4, 0.5) is 34.1 Å². The number of hydrogen-bond donors (Lipinski definition) is 0. The fourth-order valence-electron chi connectivity index (χ4n) is 11.4. The van der Waals surface area contributed by atoms with Gasteiger partial charge in [0.15, 0.2) is 0 Å². The first kappa shape index (κ1) is 44.2. The predicted molar refractivity (Wildman–Crippen MR) is 312 cm³/mol. The lowest BCUT2D eigenvalue weighted by Crippen LogP contribution is -2.20. The van der Waals surface area contributed by atoms with Gasteiger partial charge in [-0.3, -0.25) is 0 Å². The van der Waals surface area contributed by atoms with E-state index in [9.17, 15) is 0 Å². The molecule has 2 nitrogen and oxygen atoms in total. The average Bonchev–Trinajstić information content (AvgIpc) is 3.43. The van der Waals surface area contributed by atoms with E-state index in [4.69, 9.17) is 0 Å². The van der Waals surface area contributed by atoms with Crippen molar-refractivity contribution in [2.75, 3.05) is 9.80 Å². The van der Waals surface area contributed by atoms with Crippen molar-refractivity contribution in [1.82, 2.24) is 0 Å². The molecule has 0 radical (unpaired) electrons. The summed E-state index contributed by atoms with van der Waals surface area (Å²) in [6.45, 7) is 11.5. The second-order valence-electron chi connectivity index (χ2n) is 21.1. The van der Waals surface area contributed by atoms with Crippen molar-refractivity contribution in [1.29, 1.82) is 0 Å². The highest BCUT2D eigenvalue weighted by atomic mass is 15.2. The summed E-state index contributed by atoms with van der Waals surface area (Å²) >= 11 is 0. The van der Waals surface area contributed by atoms with Crippen LogP contribution in [0.25, 0.3) is 76.8 Å². The predicted octanol–water partition coefficient (Wildman–Crippen LogP) is 20.0. The van der Waals surface area contributed by atoms with Crippen LogP contribution in [0.1, 0.15) is 48.6 Å². The first-order valence-corrected chi connectivity index (χ1v) is 25.7. The molecule has 2 heteroatoms. The molecule has 12 aromatic rings. The summed E-state index contributed by atoms with van der Waals surface area (Å²) in [6, 6.07) is 88.8. The number of anilines is 6. The zero-order valence-corrected chi connectivity index (χ0v) is 42.1. The van der Waals surface area contributed by atoms with Crippen LogP contribution in [-0.2, 0) is 11.8 Å². The Morgan fingerprint density at radius 2 is 0.658 bits per heavy atom. The SMILES string of the molecule is Cc1ccc(-c2ccccc2)cc1N1c2cc(-c3ccccc3)ccc2Cc2ccc(-c3ccccc3)cc2N(c2cc(-c3ccccc3)ccc2C)c2cc1c1ccc3cc(C(C)(C)C)cc4ccc2c1c34. The molecule has 0 saturated heterocycles. The second-order valence-corrected chi connectivity index (χ2v) is 21.1. The maximum absolute atomic E-state index is 2.62. The molecule has 13 rings (SSSR count). The smallest absolute Gasteiger partial charge is 0.0561 e. The third kappa shape index (κ3) is 7.73. The van der Waals surface area contributed by atoms with Crippen LogP contribution in [0.3, 0.4) is 0 Å². The fraction of sp³-hybridized carbons (Fsp3) is 0.0986. The number of aryl methyl sites for hydroxylation is 2. The molecule has 73 heavy (non-hydrogen) atoms. The van der Waals surface area contributed by atoms with Gasteiger partial charge in [-0.05, 0) is 138 Å². The molecule has 1 aliphatic rings. The van der Waals surface area contributed by atoms with E-state index in [1.165, 1.54) is 116 Å². The molecule has 2 bridgehead atoms. The quantitative estimate of drug-likeness (QED) is 0.153. The number of fused-ring (bicyclic) bond motifs is 6. The van der Waals surface area contributed by atoms with E-state index in [-0.39, 0.29) is 5.41 Å². The Hall–Kier alpha value is -8.72. The Labute approximate surface area is 429 Å². The van der Waals surface area contributed by atoms with E-state index in [1.54, 1.807) is 0 Å². The standard InChI is InChI=1S/C71H56N2/c1-46-26-28-52(48-18-10-6-11-19-48)41-63(46)72-65-43-54(50-22-14-8-15-23-50)30-32-56(65)38-57-33-31-55(51-24-16-9-17-25-51)44-66(57)73(64-42-53(29-27-47(64)2)49-20-12-7-13-21-49)68-45-67(72)61-36-34-58-39-60(71(3,4)5)40-59-35-37-62(68)70(61)69(58)59/h6-37,39-45H,38H2,1-5H3. The van der Waals surface area contributed by atoms with Gasteiger partial charge in [-0.2, -0.15) is 0 Å². The van der Waals surface area contributed by atoms with Gasteiger partial charge in [0.1, 0.15) is 0 Å². The number of hydrogen-bond acceptors (Lipinski definition) is 2. The van der Waals surface area contributed by atoms with Crippen LogP contribution in [0.15, 0.2) is 237 Å². The molecule has 0 atom stereocenters. The molecule has 1 aliphatic heterocycles. The summed E-state index contributed by atoms with van der Waals surface area (Å²) in [5.74, 6) is 0. The van der Waals surface area contributed by atoms with E-state index in [1.807, 2.05) is 0 Å². The van der Waals surface area contributed by atoms with E-state index >= 15 is 0 Å². The van der Waals surface area contributed by atoms with Crippen molar-refractivity contribution in [3.05, 3.63) is 264 Å². The third-order valence-electron chi connectivity index (χ3n) is 15.4. The zero-order valence-electron chi connectivity index (χ0n) is 42.1. The summed E-state index contributed by atoms with van der Waals surface area (Å²) in [7, 11) is 0. The van der Waals surface area contributed by atoms with Gasteiger partial charge in [0.25, 0.3) is 0 Å². The van der Waals surface area contributed by atoms with Gasteiger partial charge in [-0.25, -0.2) is 0 Å². The van der Waals surface area contributed by atoms with Crippen LogP contribution in [0, 0.1) is 13.8 Å². The Morgan fingerprint density at radius 1 is 0.301 bits per heavy atom. The van der Waals surface area contributed by atoms with E-state index in [0.717, 1.165) is 22.7 Å². The number of benzene rings is 12. The summed E-state index contributed by atoms with van der Waals surface area (Å²) in [5.41, 5.74) is 22.6. The van der Waals surface area contributed by atoms with Gasteiger partial charge in [-0.1, -0.05) is 227 Å². The first-order chi connectivity index (χ1) is 35.6. The van der Waals surface area contributed by atoms with Crippen LogP contribution in [0.5, 0.6) is 0 Å². The molecular formula is C71H56N2. The summed E-state index contributed by atoms with van der Waals surface area (Å²) in [5, 5.41) is 7.52. The van der Waals surface area contributed by atoms with Crippen molar-refractivity contribution < 1.29 is 0 Å². The number of rotatable bonds is 6. The summed E-state index contributed by atoms with van der Waals surface area (Å²) < 4.78 is 0. The van der Waals surface area contributed by atoms with Crippen molar-refractivity contribution in [3.8, 4) is 44.5 Å². The highest BCUT2D eigenvalue weighted by molar-refractivity contribution is 6.29. The average molecular weight is 937 g/mol. The molecule has 1 heterocycles. The van der Waals surface area contributed by atoms with Crippen molar-refractivity contribution in [2.45, 2.75) is 46.5 Å². The normalized spacial score (nSPS) is 12.6. The van der Waals surface area contributed by atoms with Crippen molar-refractivity contribution in [2.24, 2.45) is 0 Å². The maximum atomic E-state index is 2.62. The third-order valence-corrected chi connectivity index (χ3v) is 15.4. The maximum Gasteiger partial charge on any atom is 0.0561 e. The largest absolute Gasteiger partial charge is 0.309 e. The van der Waals surface area contributed by atoms with Crippen LogP contribution >= 0.6 is 0 Å². The van der Waals surface area contributed by atoms with Crippen molar-refractivity contribution in [3.63, 3.8) is 0 Å². The van der Waals surface area contributed by atoms with Gasteiger partial charge in [0, 0.05) is 34.0 Å². The molecule has 0 aromatic heterocycles. The fourth-order valence-corrected chi connectivity index (χ4v) is 11.4. The minimum absolute atomic E-state index is 0.0195. The van der Waals surface area contributed by atoms with Gasteiger partial charge in [0.2, 0.25) is 0 Å². The molecule has 0 aliphatic carbocycles. The lowest BCUT2D eigenvalue weighted by molar-refractivity contribution is 0.591. The molecular weight excluding hydrogens is 881 g/mol. The Balaban J connectivity index is 1.22. The van der Waals surface area contributed by atoms with Crippen LogP contribution < -0.4 is 9.80 Å². The molecule has 0 amide bonds. The monoisotopic (exact) mass is 936 g/mol. The number of nitrogens with zero attached hydrogens (tertiary/aromatic N) is 2. The van der Waals surface area contributed by atoms with E-state index < -0.39 is 0 Å². The lowest BCUT2D eigenvalue weighted by Gasteiger charge is -2.37. The minimum Gasteiger partial charge on any atom is -0.309 e. The Bertz CT molecular complexity index is 3790. The highest BCUT2D eigenvalue weighted by Gasteiger charge is 2.31. The molecule has 0 unspecified atom stereocenters. The molecule has 0 saturated carbocycles. The topological polar surface area (TPSA) is 6.48 Å². The molecule has 0 spiro atoms.